The molecule has 0 radical (unpaired) electrons. The van der Waals surface area contributed by atoms with Crippen molar-refractivity contribution in [3.63, 3.8) is 0 Å². The maximum Gasteiger partial charge on any atom is 0.508 e. The van der Waals surface area contributed by atoms with Crippen LogP contribution in [-0.4, -0.2) is 25.5 Å². The number of hydrogen-bond donors (Lipinski definition) is 0. The van der Waals surface area contributed by atoms with Crippen molar-refractivity contribution in [3.8, 4) is 6.26 Å². The van der Waals surface area contributed by atoms with Gasteiger partial charge in [0.1, 0.15) is 13.2 Å². The van der Waals surface area contributed by atoms with Crippen LogP contribution in [0.1, 0.15) is 0 Å². The second-order valence-electron chi connectivity index (χ2n) is 1.70. The van der Waals surface area contributed by atoms with Crippen molar-refractivity contribution in [2.75, 3.05) is 13.2 Å². The van der Waals surface area contributed by atoms with Crippen LogP contribution in [0.5, 0.6) is 0 Å². The molecule has 1 atom stereocenters. The van der Waals surface area contributed by atoms with Crippen molar-refractivity contribution >= 4 is 6.16 Å². The van der Waals surface area contributed by atoms with Gasteiger partial charge >= 0.3 is 6.16 Å². The molecule has 1 heterocycles. The Labute approximate surface area is 57.1 Å². The molecule has 1 fully saturated rings. The first-order chi connectivity index (χ1) is 4.83. The minimum absolute atomic E-state index is 0.0717. The van der Waals surface area contributed by atoms with E-state index < -0.39 is 12.3 Å². The second kappa shape index (κ2) is 2.92. The molecule has 1 saturated heterocycles. The van der Waals surface area contributed by atoms with Gasteiger partial charge in [-0.3, -0.25) is 0 Å². The second-order valence-corrected chi connectivity index (χ2v) is 1.70. The topological polar surface area (TPSA) is 68.5 Å². The summed E-state index contributed by atoms with van der Waals surface area (Å²) in [6.07, 6.45) is 0.336. The summed E-state index contributed by atoms with van der Waals surface area (Å²) >= 11 is 0. The molecule has 54 valence electrons. The molecule has 1 aliphatic rings. The van der Waals surface area contributed by atoms with Gasteiger partial charge in [0, 0.05) is 0 Å². The van der Waals surface area contributed by atoms with Gasteiger partial charge in [-0.25, -0.2) is 4.79 Å². The molecule has 5 nitrogen and oxygen atoms in total. The summed E-state index contributed by atoms with van der Waals surface area (Å²) in [7, 11) is 0. The first-order valence-electron chi connectivity index (χ1n) is 2.67. The summed E-state index contributed by atoms with van der Waals surface area (Å²) in [6.45, 7) is 0.239. The van der Waals surface area contributed by atoms with E-state index in [0.717, 1.165) is 0 Å². The summed E-state index contributed by atoms with van der Waals surface area (Å²) in [5, 5.41) is 7.94. The molecule has 1 unspecified atom stereocenters. The molecule has 0 spiro atoms. The Morgan fingerprint density at radius 2 is 2.70 bits per heavy atom. The van der Waals surface area contributed by atoms with Crippen molar-refractivity contribution in [1.82, 2.24) is 0 Å². The van der Waals surface area contributed by atoms with Crippen LogP contribution < -0.4 is 0 Å². The van der Waals surface area contributed by atoms with E-state index in [1.807, 2.05) is 0 Å². The fourth-order valence-electron chi connectivity index (χ4n) is 0.577. The van der Waals surface area contributed by atoms with Crippen LogP contribution in [0.3, 0.4) is 0 Å². The zero-order valence-corrected chi connectivity index (χ0v) is 5.07. The molecule has 5 heteroatoms. The van der Waals surface area contributed by atoms with Gasteiger partial charge in [-0.1, -0.05) is 0 Å². The van der Waals surface area contributed by atoms with Gasteiger partial charge in [0.05, 0.1) is 0 Å². The number of hydrogen-bond acceptors (Lipinski definition) is 5. The number of nitrogens with zero attached hydrogens (tertiary/aromatic N) is 1. The normalized spacial score (nSPS) is 22.7. The highest BCUT2D eigenvalue weighted by molar-refractivity contribution is 5.61. The Hall–Kier alpha value is -1.44. The lowest BCUT2D eigenvalue weighted by Gasteiger charge is -2.00. The van der Waals surface area contributed by atoms with E-state index in [-0.39, 0.29) is 13.2 Å². The third-order valence-corrected chi connectivity index (χ3v) is 0.984. The van der Waals surface area contributed by atoms with Gasteiger partial charge in [0.25, 0.3) is 6.26 Å². The third-order valence-electron chi connectivity index (χ3n) is 0.984. The number of nitriles is 1. The third kappa shape index (κ3) is 1.52. The zero-order chi connectivity index (χ0) is 7.40. The van der Waals surface area contributed by atoms with Gasteiger partial charge in [0.15, 0.2) is 6.10 Å². The predicted molar refractivity (Wildman–Crippen MR) is 27.8 cm³/mol. The Morgan fingerprint density at radius 1 is 1.90 bits per heavy atom. The number of carbonyl (C=O) groups is 1. The summed E-state index contributed by atoms with van der Waals surface area (Å²) < 4.78 is 13.3. The van der Waals surface area contributed by atoms with Gasteiger partial charge in [-0.2, -0.15) is 5.26 Å². The highest BCUT2D eigenvalue weighted by Crippen LogP contribution is 2.05. The SMILES string of the molecule is N#COCC1COC(=O)O1. The minimum Gasteiger partial charge on any atom is -0.430 e. The molecule has 1 aliphatic heterocycles. The highest BCUT2D eigenvalue weighted by atomic mass is 16.8. The van der Waals surface area contributed by atoms with Gasteiger partial charge in [-0.05, 0) is 0 Å². The van der Waals surface area contributed by atoms with E-state index >= 15 is 0 Å². The van der Waals surface area contributed by atoms with Crippen molar-refractivity contribution in [2.24, 2.45) is 0 Å². The summed E-state index contributed by atoms with van der Waals surface area (Å²) in [5.74, 6) is 0. The van der Waals surface area contributed by atoms with E-state index in [4.69, 9.17) is 5.26 Å². The summed E-state index contributed by atoms with van der Waals surface area (Å²) in [4.78, 5) is 10.2. The smallest absolute Gasteiger partial charge is 0.430 e. The molecule has 0 amide bonds. The number of ether oxygens (including phenoxy) is 3. The molecular formula is C5H5NO4. The molecule has 0 N–H and O–H groups in total. The van der Waals surface area contributed by atoms with Crippen molar-refractivity contribution in [3.05, 3.63) is 0 Å². The van der Waals surface area contributed by atoms with Crippen molar-refractivity contribution in [1.29, 1.82) is 5.26 Å². The van der Waals surface area contributed by atoms with Gasteiger partial charge < -0.3 is 14.2 Å². The number of cyclic esters (lactones) is 2. The average molecular weight is 143 g/mol. The van der Waals surface area contributed by atoms with Crippen LogP contribution in [-0.2, 0) is 14.2 Å². The van der Waals surface area contributed by atoms with Crippen molar-refractivity contribution in [2.45, 2.75) is 6.10 Å². The summed E-state index contributed by atoms with van der Waals surface area (Å²) in [5.41, 5.74) is 0. The minimum atomic E-state index is -0.702. The predicted octanol–water partition coefficient (Wildman–Crippen LogP) is 0.0195. The van der Waals surface area contributed by atoms with E-state index in [9.17, 15) is 4.79 Å². The molecule has 1 rings (SSSR count). The summed E-state index contributed by atoms with van der Waals surface area (Å²) in [6, 6.07) is 0. The largest absolute Gasteiger partial charge is 0.508 e. The Balaban J connectivity index is 2.20. The maximum atomic E-state index is 10.2. The average Bonchev–Trinajstić information content (AvgIpc) is 2.31. The number of rotatable bonds is 2. The standard InChI is InChI=1S/C5H5NO4/c6-3-8-1-4-2-9-5(7)10-4/h4H,1-2H2. The van der Waals surface area contributed by atoms with Crippen LogP contribution in [0.25, 0.3) is 0 Å². The fraction of sp³-hybridized carbons (Fsp3) is 0.600. The Kier molecular flexibility index (Phi) is 1.95. The van der Waals surface area contributed by atoms with Crippen LogP contribution in [0, 0.1) is 11.5 Å². The van der Waals surface area contributed by atoms with Gasteiger partial charge in [0.2, 0.25) is 0 Å². The van der Waals surface area contributed by atoms with E-state index in [1.54, 1.807) is 0 Å². The lowest BCUT2D eigenvalue weighted by Crippen LogP contribution is -2.16. The lowest BCUT2D eigenvalue weighted by atomic mass is 10.4. The quantitative estimate of drug-likeness (QED) is 0.402. The molecule has 0 saturated carbocycles. The van der Waals surface area contributed by atoms with E-state index in [1.165, 1.54) is 6.26 Å². The Morgan fingerprint density at radius 3 is 3.20 bits per heavy atom. The van der Waals surface area contributed by atoms with Crippen LogP contribution in [0.2, 0.25) is 0 Å². The fourth-order valence-corrected chi connectivity index (χ4v) is 0.577. The molecule has 10 heavy (non-hydrogen) atoms. The molecule has 0 aromatic heterocycles. The van der Waals surface area contributed by atoms with Gasteiger partial charge in [-0.15, -0.1) is 0 Å². The molecular weight excluding hydrogens is 138 g/mol. The number of carbonyl (C=O) groups excluding carboxylic acids is 1. The molecule has 0 bridgehead atoms. The maximum absolute atomic E-state index is 10.2. The Bertz CT molecular complexity index is 173. The van der Waals surface area contributed by atoms with Crippen molar-refractivity contribution < 1.29 is 19.0 Å². The molecule has 0 aliphatic carbocycles. The highest BCUT2D eigenvalue weighted by Gasteiger charge is 2.25. The van der Waals surface area contributed by atoms with E-state index in [2.05, 4.69) is 14.2 Å². The van der Waals surface area contributed by atoms with Crippen LogP contribution in [0.4, 0.5) is 4.79 Å². The molecule has 0 aromatic carbocycles. The first-order valence-corrected chi connectivity index (χ1v) is 2.67. The van der Waals surface area contributed by atoms with E-state index in [0.29, 0.717) is 0 Å². The molecule has 0 aromatic rings. The van der Waals surface area contributed by atoms with Crippen LogP contribution >= 0.6 is 0 Å². The first kappa shape index (κ1) is 6.68. The zero-order valence-electron chi connectivity index (χ0n) is 5.07. The lowest BCUT2D eigenvalue weighted by molar-refractivity contribution is 0.0897. The monoisotopic (exact) mass is 143 g/mol. The van der Waals surface area contributed by atoms with Crippen LogP contribution in [0.15, 0.2) is 0 Å².